The minimum atomic E-state index is -0.155. The highest BCUT2D eigenvalue weighted by Crippen LogP contribution is 2.30. The number of hydrogen-bond donors (Lipinski definition) is 1. The first-order chi connectivity index (χ1) is 11.6. The van der Waals surface area contributed by atoms with E-state index < -0.39 is 0 Å². The van der Waals surface area contributed by atoms with Crippen LogP contribution in [0.1, 0.15) is 31.2 Å². The van der Waals surface area contributed by atoms with Gasteiger partial charge in [0, 0.05) is 17.7 Å². The van der Waals surface area contributed by atoms with Crippen molar-refractivity contribution in [3.05, 3.63) is 48.0 Å². The summed E-state index contributed by atoms with van der Waals surface area (Å²) in [5, 5.41) is 0. The molecule has 0 amide bonds. The van der Waals surface area contributed by atoms with Crippen LogP contribution in [0, 0.1) is 6.92 Å². The lowest BCUT2D eigenvalue weighted by Gasteiger charge is -2.11. The summed E-state index contributed by atoms with van der Waals surface area (Å²) in [7, 11) is 1.41. The highest BCUT2D eigenvalue weighted by Gasteiger charge is 2.05. The largest absolute Gasteiger partial charge is 0.494 e. The molecule has 4 heteroatoms. The van der Waals surface area contributed by atoms with Crippen LogP contribution < -0.4 is 10.5 Å². The zero-order valence-corrected chi connectivity index (χ0v) is 14.4. The molecule has 0 radical (unpaired) electrons. The van der Waals surface area contributed by atoms with E-state index in [0.717, 1.165) is 41.8 Å². The van der Waals surface area contributed by atoms with Crippen LogP contribution in [-0.4, -0.2) is 19.7 Å². The molecule has 2 aromatic rings. The van der Waals surface area contributed by atoms with Crippen LogP contribution in [0.4, 0.5) is 5.69 Å². The van der Waals surface area contributed by atoms with Gasteiger partial charge in [0.05, 0.1) is 13.7 Å². The van der Waals surface area contributed by atoms with Crippen LogP contribution in [0.15, 0.2) is 42.5 Å². The molecule has 0 aliphatic rings. The van der Waals surface area contributed by atoms with Crippen LogP contribution in [0.2, 0.25) is 0 Å². The molecule has 0 atom stereocenters. The van der Waals surface area contributed by atoms with E-state index in [2.05, 4.69) is 35.9 Å². The number of carbonyl (C=O) groups excluding carboxylic acids is 1. The number of carbonyl (C=O) groups is 1. The zero-order valence-electron chi connectivity index (χ0n) is 14.4. The number of nitrogens with two attached hydrogens (primary N) is 1. The highest BCUT2D eigenvalue weighted by molar-refractivity contribution is 5.77. The summed E-state index contributed by atoms with van der Waals surface area (Å²) in [6, 6.07) is 14.0. The fraction of sp³-hybridized carbons (Fsp3) is 0.350. The van der Waals surface area contributed by atoms with Gasteiger partial charge in [-0.2, -0.15) is 0 Å². The van der Waals surface area contributed by atoms with E-state index in [1.54, 1.807) is 0 Å². The second kappa shape index (κ2) is 8.96. The zero-order chi connectivity index (χ0) is 17.4. The number of benzene rings is 2. The van der Waals surface area contributed by atoms with Crippen molar-refractivity contribution in [2.75, 3.05) is 19.5 Å². The number of unbranched alkanes of at least 4 members (excludes halogenated alkanes) is 2. The third-order valence-corrected chi connectivity index (χ3v) is 3.91. The van der Waals surface area contributed by atoms with Crippen LogP contribution >= 0.6 is 0 Å². The van der Waals surface area contributed by atoms with E-state index in [4.69, 9.17) is 10.5 Å². The Morgan fingerprint density at radius 3 is 2.50 bits per heavy atom. The summed E-state index contributed by atoms with van der Waals surface area (Å²) in [5.74, 6) is 0.657. The minimum Gasteiger partial charge on any atom is -0.494 e. The molecule has 24 heavy (non-hydrogen) atoms. The Labute approximate surface area is 143 Å². The van der Waals surface area contributed by atoms with E-state index in [1.807, 2.05) is 18.2 Å². The Morgan fingerprint density at radius 1 is 1.04 bits per heavy atom. The molecule has 0 saturated carbocycles. The molecule has 2 aromatic carbocycles. The van der Waals surface area contributed by atoms with Gasteiger partial charge in [-0.05, 0) is 49.9 Å². The smallest absolute Gasteiger partial charge is 0.305 e. The summed E-state index contributed by atoms with van der Waals surface area (Å²) in [6.45, 7) is 2.69. The Hall–Kier alpha value is -2.49. The fourth-order valence-corrected chi connectivity index (χ4v) is 2.45. The van der Waals surface area contributed by atoms with Gasteiger partial charge in [-0.1, -0.05) is 29.8 Å². The Balaban J connectivity index is 1.87. The second-order valence-corrected chi connectivity index (χ2v) is 5.85. The van der Waals surface area contributed by atoms with Gasteiger partial charge in [0.15, 0.2) is 0 Å². The molecule has 128 valence electrons. The highest BCUT2D eigenvalue weighted by atomic mass is 16.5. The molecular weight excluding hydrogens is 302 g/mol. The van der Waals surface area contributed by atoms with Crippen molar-refractivity contribution in [2.45, 2.75) is 32.6 Å². The van der Waals surface area contributed by atoms with Gasteiger partial charge in [0.25, 0.3) is 0 Å². The molecule has 0 bridgehead atoms. The Bertz CT molecular complexity index is 665. The quantitative estimate of drug-likeness (QED) is 0.445. The summed E-state index contributed by atoms with van der Waals surface area (Å²) in [6.07, 6.45) is 3.14. The summed E-state index contributed by atoms with van der Waals surface area (Å²) in [5.41, 5.74) is 10.1. The number of hydrogen-bond acceptors (Lipinski definition) is 4. The van der Waals surface area contributed by atoms with E-state index >= 15 is 0 Å². The van der Waals surface area contributed by atoms with E-state index in [1.165, 1.54) is 12.7 Å². The SMILES string of the molecule is COC(=O)CCCCCOc1ccc(N)c(-c2ccc(C)cc2)c1. The number of methoxy groups -OCH3 is 1. The van der Waals surface area contributed by atoms with Crippen LogP contribution in [0.3, 0.4) is 0 Å². The lowest BCUT2D eigenvalue weighted by molar-refractivity contribution is -0.140. The first kappa shape index (κ1) is 17.9. The molecule has 0 aliphatic heterocycles. The van der Waals surface area contributed by atoms with Crippen molar-refractivity contribution < 1.29 is 14.3 Å². The molecule has 0 aliphatic carbocycles. The minimum absolute atomic E-state index is 0.155. The molecule has 4 nitrogen and oxygen atoms in total. The van der Waals surface area contributed by atoms with Crippen molar-refractivity contribution in [3.63, 3.8) is 0 Å². The topological polar surface area (TPSA) is 61.5 Å². The third-order valence-electron chi connectivity index (χ3n) is 3.91. The maximum absolute atomic E-state index is 11.0. The maximum Gasteiger partial charge on any atom is 0.305 e. The van der Waals surface area contributed by atoms with E-state index in [9.17, 15) is 4.79 Å². The molecule has 0 spiro atoms. The number of esters is 1. The summed E-state index contributed by atoms with van der Waals surface area (Å²) >= 11 is 0. The van der Waals surface area contributed by atoms with Gasteiger partial charge in [-0.15, -0.1) is 0 Å². The van der Waals surface area contributed by atoms with Gasteiger partial charge < -0.3 is 15.2 Å². The summed E-state index contributed by atoms with van der Waals surface area (Å²) < 4.78 is 10.4. The third kappa shape index (κ3) is 5.30. The lowest BCUT2D eigenvalue weighted by atomic mass is 10.0. The van der Waals surface area contributed by atoms with Crippen LogP contribution in [0.25, 0.3) is 11.1 Å². The average Bonchev–Trinajstić information content (AvgIpc) is 2.60. The first-order valence-corrected chi connectivity index (χ1v) is 8.26. The number of aryl methyl sites for hydroxylation is 1. The molecule has 0 aromatic heterocycles. The fourth-order valence-electron chi connectivity index (χ4n) is 2.45. The van der Waals surface area contributed by atoms with Crippen LogP contribution in [0.5, 0.6) is 5.75 Å². The van der Waals surface area contributed by atoms with Gasteiger partial charge in [-0.25, -0.2) is 0 Å². The number of anilines is 1. The molecule has 0 fully saturated rings. The van der Waals surface area contributed by atoms with Crippen molar-refractivity contribution in [3.8, 4) is 16.9 Å². The average molecular weight is 327 g/mol. The van der Waals surface area contributed by atoms with Crippen LogP contribution in [-0.2, 0) is 9.53 Å². The molecule has 2 N–H and O–H groups in total. The maximum atomic E-state index is 11.0. The second-order valence-electron chi connectivity index (χ2n) is 5.85. The van der Waals surface area contributed by atoms with Crippen molar-refractivity contribution in [1.82, 2.24) is 0 Å². The monoisotopic (exact) mass is 327 g/mol. The standard InChI is InChI=1S/C20H25NO3/c1-15-7-9-16(10-8-15)18-14-17(11-12-19(18)21)24-13-5-3-4-6-20(22)23-2/h7-12,14H,3-6,13,21H2,1-2H3. The van der Waals surface area contributed by atoms with Crippen molar-refractivity contribution in [1.29, 1.82) is 0 Å². The van der Waals surface area contributed by atoms with Gasteiger partial charge in [0.2, 0.25) is 0 Å². The van der Waals surface area contributed by atoms with Gasteiger partial charge in [-0.3, -0.25) is 4.79 Å². The van der Waals surface area contributed by atoms with Crippen molar-refractivity contribution >= 4 is 11.7 Å². The molecule has 0 unspecified atom stereocenters. The Morgan fingerprint density at radius 2 is 1.79 bits per heavy atom. The van der Waals surface area contributed by atoms with Crippen molar-refractivity contribution in [2.24, 2.45) is 0 Å². The number of nitrogen functional groups attached to an aromatic ring is 1. The van der Waals surface area contributed by atoms with Gasteiger partial charge >= 0.3 is 5.97 Å². The first-order valence-electron chi connectivity index (χ1n) is 8.26. The summed E-state index contributed by atoms with van der Waals surface area (Å²) in [4.78, 5) is 11.0. The number of rotatable bonds is 8. The molecule has 2 rings (SSSR count). The predicted octanol–water partition coefficient (Wildman–Crippen LogP) is 4.36. The molecular formula is C20H25NO3. The van der Waals surface area contributed by atoms with E-state index in [-0.39, 0.29) is 5.97 Å². The Kier molecular flexibility index (Phi) is 6.67. The predicted molar refractivity (Wildman–Crippen MR) is 97.0 cm³/mol. The normalized spacial score (nSPS) is 10.4. The lowest BCUT2D eigenvalue weighted by Crippen LogP contribution is -2.01. The molecule has 0 heterocycles. The van der Waals surface area contributed by atoms with Gasteiger partial charge in [0.1, 0.15) is 5.75 Å². The molecule has 0 saturated heterocycles. The van der Waals surface area contributed by atoms with E-state index in [0.29, 0.717) is 13.0 Å². The number of ether oxygens (including phenoxy) is 2.